The van der Waals surface area contributed by atoms with Crippen molar-refractivity contribution >= 4 is 22.4 Å². The van der Waals surface area contributed by atoms with Crippen molar-refractivity contribution in [1.82, 2.24) is 4.98 Å². The van der Waals surface area contributed by atoms with Crippen LogP contribution in [0.2, 0.25) is 0 Å². The molecule has 0 fully saturated rings. The molecule has 0 aliphatic heterocycles. The second kappa shape index (κ2) is 9.29. The molecule has 2 aromatic carbocycles. The fourth-order valence-corrected chi connectivity index (χ4v) is 3.53. The van der Waals surface area contributed by atoms with E-state index in [0.29, 0.717) is 33.8 Å². The van der Waals surface area contributed by atoms with E-state index in [-0.39, 0.29) is 12.3 Å². The highest BCUT2D eigenvalue weighted by atomic mass is 32.1. The van der Waals surface area contributed by atoms with Gasteiger partial charge >= 0.3 is 0 Å². The van der Waals surface area contributed by atoms with Crippen molar-refractivity contribution in [3.8, 4) is 34.3 Å². The van der Waals surface area contributed by atoms with E-state index in [2.05, 4.69) is 10.3 Å². The lowest BCUT2D eigenvalue weighted by molar-refractivity contribution is -0.115. The number of aromatic nitrogens is 1. The molecule has 0 unspecified atom stereocenters. The zero-order valence-corrected chi connectivity index (χ0v) is 17.5. The molecule has 0 saturated heterocycles. The molecular formula is C21H22N2O5S. The molecule has 3 rings (SSSR count). The van der Waals surface area contributed by atoms with Crippen LogP contribution < -0.4 is 24.3 Å². The summed E-state index contributed by atoms with van der Waals surface area (Å²) >= 11 is 1.34. The van der Waals surface area contributed by atoms with Gasteiger partial charge in [-0.1, -0.05) is 6.07 Å². The van der Waals surface area contributed by atoms with Gasteiger partial charge in [-0.25, -0.2) is 4.98 Å². The van der Waals surface area contributed by atoms with Gasteiger partial charge in [-0.2, -0.15) is 0 Å². The van der Waals surface area contributed by atoms with Gasteiger partial charge in [0, 0.05) is 22.6 Å². The summed E-state index contributed by atoms with van der Waals surface area (Å²) in [6.45, 7) is 0. The number of benzene rings is 2. The zero-order valence-electron chi connectivity index (χ0n) is 16.6. The number of hydrogen-bond acceptors (Lipinski definition) is 7. The van der Waals surface area contributed by atoms with Gasteiger partial charge < -0.3 is 24.3 Å². The maximum absolute atomic E-state index is 12.5. The maximum Gasteiger partial charge on any atom is 0.230 e. The average molecular weight is 414 g/mol. The van der Waals surface area contributed by atoms with Crippen LogP contribution in [0.1, 0.15) is 5.56 Å². The molecule has 1 heterocycles. The van der Waals surface area contributed by atoms with Crippen LogP contribution in [0.5, 0.6) is 23.0 Å². The predicted molar refractivity (Wildman–Crippen MR) is 113 cm³/mol. The van der Waals surface area contributed by atoms with E-state index in [1.54, 1.807) is 40.6 Å². The standard InChI is InChI=1S/C21H22N2O5S/c1-25-14-7-8-18(27-3)16(10-14)17-12-29-21(22-17)23-20(24)9-13-5-6-15(26-2)11-19(13)28-4/h5-8,10-12H,9H2,1-4H3,(H,22,23,24). The first kappa shape index (κ1) is 20.5. The van der Waals surface area contributed by atoms with Crippen LogP contribution in [-0.4, -0.2) is 39.3 Å². The zero-order chi connectivity index (χ0) is 20.8. The molecule has 152 valence electrons. The normalized spacial score (nSPS) is 10.3. The monoisotopic (exact) mass is 414 g/mol. The molecule has 0 radical (unpaired) electrons. The lowest BCUT2D eigenvalue weighted by atomic mass is 10.1. The highest BCUT2D eigenvalue weighted by Gasteiger charge is 2.15. The smallest absolute Gasteiger partial charge is 0.230 e. The Balaban J connectivity index is 1.75. The van der Waals surface area contributed by atoms with Crippen molar-refractivity contribution in [2.24, 2.45) is 0 Å². The van der Waals surface area contributed by atoms with Crippen molar-refractivity contribution in [1.29, 1.82) is 0 Å². The van der Waals surface area contributed by atoms with Crippen LogP contribution >= 0.6 is 11.3 Å². The number of thiazole rings is 1. The molecule has 1 aromatic heterocycles. The van der Waals surface area contributed by atoms with Crippen molar-refractivity contribution < 1.29 is 23.7 Å². The molecule has 0 spiro atoms. The minimum absolute atomic E-state index is 0.157. The van der Waals surface area contributed by atoms with Crippen molar-refractivity contribution in [3.63, 3.8) is 0 Å². The van der Waals surface area contributed by atoms with Gasteiger partial charge in [0.2, 0.25) is 5.91 Å². The van der Waals surface area contributed by atoms with Gasteiger partial charge in [-0.05, 0) is 24.3 Å². The van der Waals surface area contributed by atoms with Gasteiger partial charge in [0.1, 0.15) is 23.0 Å². The lowest BCUT2D eigenvalue weighted by Gasteiger charge is -2.10. The average Bonchev–Trinajstić information content (AvgIpc) is 3.21. The number of nitrogens with zero attached hydrogens (tertiary/aromatic N) is 1. The molecule has 1 amide bonds. The van der Waals surface area contributed by atoms with Gasteiger partial charge in [-0.15, -0.1) is 11.3 Å². The third-order valence-corrected chi connectivity index (χ3v) is 5.04. The van der Waals surface area contributed by atoms with Gasteiger partial charge in [0.25, 0.3) is 0 Å². The Morgan fingerprint density at radius 1 is 0.931 bits per heavy atom. The van der Waals surface area contributed by atoms with Crippen LogP contribution in [0, 0.1) is 0 Å². The number of rotatable bonds is 8. The summed E-state index contributed by atoms with van der Waals surface area (Å²) in [7, 11) is 6.34. The van der Waals surface area contributed by atoms with E-state index >= 15 is 0 Å². The maximum atomic E-state index is 12.5. The topological polar surface area (TPSA) is 78.9 Å². The minimum Gasteiger partial charge on any atom is -0.497 e. The van der Waals surface area contributed by atoms with E-state index in [0.717, 1.165) is 11.1 Å². The molecule has 0 bridgehead atoms. The van der Waals surface area contributed by atoms with Crippen molar-refractivity contribution in [3.05, 3.63) is 47.3 Å². The number of methoxy groups -OCH3 is 4. The van der Waals surface area contributed by atoms with Crippen LogP contribution in [-0.2, 0) is 11.2 Å². The molecule has 7 nitrogen and oxygen atoms in total. The molecule has 0 aliphatic carbocycles. The highest BCUT2D eigenvalue weighted by molar-refractivity contribution is 7.14. The largest absolute Gasteiger partial charge is 0.497 e. The Bertz CT molecular complexity index is 1000. The Morgan fingerprint density at radius 2 is 1.62 bits per heavy atom. The Labute approximate surface area is 173 Å². The quantitative estimate of drug-likeness (QED) is 0.600. The summed E-state index contributed by atoms with van der Waals surface area (Å²) in [5.41, 5.74) is 2.25. The van der Waals surface area contributed by atoms with Crippen LogP contribution in [0.25, 0.3) is 11.3 Å². The first-order valence-electron chi connectivity index (χ1n) is 8.76. The number of carbonyl (C=O) groups excluding carboxylic acids is 1. The molecule has 3 aromatic rings. The highest BCUT2D eigenvalue weighted by Crippen LogP contribution is 2.35. The summed E-state index contributed by atoms with van der Waals surface area (Å²) in [6.07, 6.45) is 0.157. The van der Waals surface area contributed by atoms with Crippen LogP contribution in [0.3, 0.4) is 0 Å². The predicted octanol–water partition coefficient (Wildman–Crippen LogP) is 4.03. The number of carbonyl (C=O) groups is 1. The summed E-state index contributed by atoms with van der Waals surface area (Å²) in [4.78, 5) is 17.0. The summed E-state index contributed by atoms with van der Waals surface area (Å²) in [5.74, 6) is 2.46. The number of anilines is 1. The first-order chi connectivity index (χ1) is 14.1. The van der Waals surface area contributed by atoms with Crippen molar-refractivity contribution in [2.45, 2.75) is 6.42 Å². The van der Waals surface area contributed by atoms with E-state index in [9.17, 15) is 4.79 Å². The fraction of sp³-hybridized carbons (Fsp3) is 0.238. The molecular weight excluding hydrogens is 392 g/mol. The number of amides is 1. The second-order valence-electron chi connectivity index (χ2n) is 6.01. The molecule has 29 heavy (non-hydrogen) atoms. The fourth-order valence-electron chi connectivity index (χ4n) is 2.80. The summed E-state index contributed by atoms with van der Waals surface area (Å²) < 4.78 is 21.2. The van der Waals surface area contributed by atoms with E-state index in [4.69, 9.17) is 18.9 Å². The molecule has 0 atom stereocenters. The van der Waals surface area contributed by atoms with Gasteiger partial charge in [-0.3, -0.25) is 4.79 Å². The SMILES string of the molecule is COc1ccc(CC(=O)Nc2nc(-c3cc(OC)ccc3OC)cs2)c(OC)c1. The minimum atomic E-state index is -0.188. The molecule has 0 aliphatic rings. The van der Waals surface area contributed by atoms with E-state index in [1.165, 1.54) is 11.3 Å². The summed E-state index contributed by atoms with van der Waals surface area (Å²) in [6, 6.07) is 10.8. The number of hydrogen-bond donors (Lipinski definition) is 1. The third kappa shape index (κ3) is 4.78. The second-order valence-corrected chi connectivity index (χ2v) is 6.86. The summed E-state index contributed by atoms with van der Waals surface area (Å²) in [5, 5.41) is 5.20. The van der Waals surface area contributed by atoms with E-state index in [1.807, 2.05) is 29.6 Å². The molecule has 0 saturated carbocycles. The third-order valence-electron chi connectivity index (χ3n) is 4.28. The van der Waals surface area contributed by atoms with E-state index < -0.39 is 0 Å². The Morgan fingerprint density at radius 3 is 2.31 bits per heavy atom. The number of nitrogens with one attached hydrogen (secondary N) is 1. The Kier molecular flexibility index (Phi) is 6.56. The van der Waals surface area contributed by atoms with Gasteiger partial charge in [0.05, 0.1) is 40.6 Å². The van der Waals surface area contributed by atoms with Gasteiger partial charge in [0.15, 0.2) is 5.13 Å². The first-order valence-corrected chi connectivity index (χ1v) is 9.64. The Hall–Kier alpha value is -3.26. The van der Waals surface area contributed by atoms with Crippen molar-refractivity contribution in [2.75, 3.05) is 33.8 Å². The molecule has 1 N–H and O–H groups in total. The van der Waals surface area contributed by atoms with Crippen LogP contribution in [0.15, 0.2) is 41.8 Å². The number of ether oxygens (including phenoxy) is 4. The lowest BCUT2D eigenvalue weighted by Crippen LogP contribution is -2.14. The van der Waals surface area contributed by atoms with Crippen LogP contribution in [0.4, 0.5) is 5.13 Å². The molecule has 8 heteroatoms.